The second-order valence-electron chi connectivity index (χ2n) is 6.03. The van der Waals surface area contributed by atoms with E-state index < -0.39 is 0 Å². The van der Waals surface area contributed by atoms with Crippen LogP contribution in [0, 0.1) is 0 Å². The number of morpholine rings is 1. The molecular formula is C17H22ClN5O3S. The average molecular weight is 412 g/mol. The Morgan fingerprint density at radius 1 is 1.37 bits per heavy atom. The number of ether oxygens (including phenoxy) is 2. The number of methoxy groups -OCH3 is 1. The SMILES string of the molecule is COc1ccc(Cl)cc1NC(=O)CSc1nnc(CN2CCOCC2)n1C. The van der Waals surface area contributed by atoms with Crippen molar-refractivity contribution in [1.82, 2.24) is 19.7 Å². The summed E-state index contributed by atoms with van der Waals surface area (Å²) in [6.07, 6.45) is 0. The van der Waals surface area contributed by atoms with Gasteiger partial charge in [-0.05, 0) is 18.2 Å². The van der Waals surface area contributed by atoms with Crippen molar-refractivity contribution in [1.29, 1.82) is 0 Å². The average Bonchev–Trinajstić information content (AvgIpc) is 3.01. The summed E-state index contributed by atoms with van der Waals surface area (Å²) in [5.74, 6) is 1.47. The van der Waals surface area contributed by atoms with Gasteiger partial charge in [-0.2, -0.15) is 0 Å². The molecule has 0 radical (unpaired) electrons. The largest absolute Gasteiger partial charge is 0.495 e. The number of amides is 1. The van der Waals surface area contributed by atoms with E-state index in [1.807, 2.05) is 11.6 Å². The maximum Gasteiger partial charge on any atom is 0.234 e. The summed E-state index contributed by atoms with van der Waals surface area (Å²) in [6.45, 7) is 3.98. The van der Waals surface area contributed by atoms with E-state index in [0.29, 0.717) is 21.6 Å². The van der Waals surface area contributed by atoms with Crippen LogP contribution in [0.25, 0.3) is 0 Å². The Labute approximate surface area is 167 Å². The van der Waals surface area contributed by atoms with Crippen LogP contribution in [0.5, 0.6) is 5.75 Å². The van der Waals surface area contributed by atoms with Crippen molar-refractivity contribution in [2.24, 2.45) is 7.05 Å². The third kappa shape index (κ3) is 5.35. The van der Waals surface area contributed by atoms with Crippen LogP contribution in [-0.4, -0.2) is 64.7 Å². The lowest BCUT2D eigenvalue weighted by molar-refractivity contribution is -0.113. The number of carbonyl (C=O) groups is 1. The summed E-state index contributed by atoms with van der Waals surface area (Å²) in [5.41, 5.74) is 0.543. The molecule has 27 heavy (non-hydrogen) atoms. The second kappa shape index (κ2) is 9.41. The van der Waals surface area contributed by atoms with E-state index in [1.54, 1.807) is 25.3 Å². The van der Waals surface area contributed by atoms with Crippen molar-refractivity contribution in [2.45, 2.75) is 11.7 Å². The predicted octanol–water partition coefficient (Wildman–Crippen LogP) is 2.04. The van der Waals surface area contributed by atoms with Gasteiger partial charge in [-0.25, -0.2) is 0 Å². The van der Waals surface area contributed by atoms with Gasteiger partial charge < -0.3 is 19.4 Å². The predicted molar refractivity (Wildman–Crippen MR) is 104 cm³/mol. The van der Waals surface area contributed by atoms with Crippen molar-refractivity contribution in [3.05, 3.63) is 29.0 Å². The van der Waals surface area contributed by atoms with Gasteiger partial charge >= 0.3 is 0 Å². The summed E-state index contributed by atoms with van der Waals surface area (Å²) >= 11 is 7.32. The Bertz CT molecular complexity index is 795. The van der Waals surface area contributed by atoms with Gasteiger partial charge in [-0.15, -0.1) is 10.2 Å². The second-order valence-corrected chi connectivity index (χ2v) is 7.41. The topological polar surface area (TPSA) is 81.5 Å². The van der Waals surface area contributed by atoms with Gasteiger partial charge in [0.2, 0.25) is 5.91 Å². The van der Waals surface area contributed by atoms with E-state index in [9.17, 15) is 4.79 Å². The summed E-state index contributed by atoms with van der Waals surface area (Å²) in [6, 6.07) is 5.08. The molecule has 0 unspecified atom stereocenters. The molecule has 1 aromatic heterocycles. The normalized spacial score (nSPS) is 14.9. The minimum Gasteiger partial charge on any atom is -0.495 e. The lowest BCUT2D eigenvalue weighted by atomic mass is 10.3. The molecule has 0 aliphatic carbocycles. The summed E-state index contributed by atoms with van der Waals surface area (Å²) in [7, 11) is 3.46. The zero-order valence-electron chi connectivity index (χ0n) is 15.3. The number of hydrogen-bond acceptors (Lipinski definition) is 7. The third-order valence-corrected chi connectivity index (χ3v) is 5.42. The molecule has 1 aliphatic rings. The smallest absolute Gasteiger partial charge is 0.234 e. The number of anilines is 1. The monoisotopic (exact) mass is 411 g/mol. The summed E-state index contributed by atoms with van der Waals surface area (Å²) in [4.78, 5) is 14.6. The van der Waals surface area contributed by atoms with E-state index in [1.165, 1.54) is 11.8 Å². The van der Waals surface area contributed by atoms with Gasteiger partial charge in [-0.3, -0.25) is 9.69 Å². The molecule has 146 valence electrons. The van der Waals surface area contributed by atoms with Crippen molar-refractivity contribution in [3.63, 3.8) is 0 Å². The number of nitrogens with zero attached hydrogens (tertiary/aromatic N) is 4. The standard InChI is InChI=1S/C17H22ClN5O3S/c1-22-15(10-23-5-7-26-8-6-23)20-21-17(22)27-11-16(24)19-13-9-12(18)3-4-14(13)25-2/h3-4,9H,5-8,10-11H2,1-2H3,(H,19,24). The van der Waals surface area contributed by atoms with E-state index in [0.717, 1.165) is 38.7 Å². The van der Waals surface area contributed by atoms with Gasteiger partial charge in [0.05, 0.1) is 38.3 Å². The quantitative estimate of drug-likeness (QED) is 0.698. The van der Waals surface area contributed by atoms with Crippen molar-refractivity contribution < 1.29 is 14.3 Å². The van der Waals surface area contributed by atoms with E-state index >= 15 is 0 Å². The number of aromatic nitrogens is 3. The number of halogens is 1. The van der Waals surface area contributed by atoms with Crippen molar-refractivity contribution in [3.8, 4) is 5.75 Å². The maximum absolute atomic E-state index is 12.3. The molecular weight excluding hydrogens is 390 g/mol. The molecule has 0 bridgehead atoms. The van der Waals surface area contributed by atoms with Crippen molar-refractivity contribution >= 4 is 35.0 Å². The molecule has 0 saturated carbocycles. The first-order valence-corrected chi connectivity index (χ1v) is 9.87. The molecule has 1 fully saturated rings. The highest BCUT2D eigenvalue weighted by atomic mass is 35.5. The molecule has 2 aromatic rings. The Morgan fingerprint density at radius 3 is 2.89 bits per heavy atom. The molecule has 10 heteroatoms. The van der Waals surface area contributed by atoms with Crippen LogP contribution in [0.15, 0.2) is 23.4 Å². The van der Waals surface area contributed by atoms with E-state index in [-0.39, 0.29) is 11.7 Å². The molecule has 1 N–H and O–H groups in total. The number of thioether (sulfide) groups is 1. The first kappa shape index (κ1) is 19.9. The fourth-order valence-corrected chi connectivity index (χ4v) is 3.56. The molecule has 3 rings (SSSR count). The van der Waals surface area contributed by atoms with Crippen molar-refractivity contribution in [2.75, 3.05) is 44.5 Å². The molecule has 1 amide bonds. The maximum atomic E-state index is 12.3. The lowest BCUT2D eigenvalue weighted by Crippen LogP contribution is -2.36. The molecule has 0 atom stereocenters. The zero-order chi connectivity index (χ0) is 19.2. The number of rotatable bonds is 7. The van der Waals surface area contributed by atoms with E-state index in [4.69, 9.17) is 21.1 Å². The van der Waals surface area contributed by atoms with Crippen LogP contribution in [0.2, 0.25) is 5.02 Å². The summed E-state index contributed by atoms with van der Waals surface area (Å²) < 4.78 is 12.5. The lowest BCUT2D eigenvalue weighted by Gasteiger charge is -2.25. The van der Waals surface area contributed by atoms with Gasteiger partial charge in [0.15, 0.2) is 5.16 Å². The Kier molecular flexibility index (Phi) is 6.95. The fraction of sp³-hybridized carbons (Fsp3) is 0.471. The van der Waals surface area contributed by atoms with Gasteiger partial charge in [0, 0.05) is 25.2 Å². The Balaban J connectivity index is 1.55. The van der Waals surface area contributed by atoms with Crippen LogP contribution in [-0.2, 0) is 23.1 Å². The molecule has 2 heterocycles. The number of carbonyl (C=O) groups excluding carboxylic acids is 1. The van der Waals surface area contributed by atoms with Crippen LogP contribution in [0.4, 0.5) is 5.69 Å². The van der Waals surface area contributed by atoms with Crippen LogP contribution < -0.4 is 10.1 Å². The molecule has 1 aliphatic heterocycles. The van der Waals surface area contributed by atoms with E-state index in [2.05, 4.69) is 20.4 Å². The fourth-order valence-electron chi connectivity index (χ4n) is 2.66. The molecule has 1 aromatic carbocycles. The van der Waals surface area contributed by atoms with Gasteiger partial charge in [0.1, 0.15) is 11.6 Å². The highest BCUT2D eigenvalue weighted by Crippen LogP contribution is 2.28. The van der Waals surface area contributed by atoms with Crippen LogP contribution >= 0.6 is 23.4 Å². The Morgan fingerprint density at radius 2 is 2.15 bits per heavy atom. The Hall–Kier alpha value is -1.81. The first-order valence-electron chi connectivity index (χ1n) is 8.51. The number of hydrogen-bond donors (Lipinski definition) is 1. The van der Waals surface area contributed by atoms with Crippen LogP contribution in [0.3, 0.4) is 0 Å². The number of nitrogens with one attached hydrogen (secondary N) is 1. The highest BCUT2D eigenvalue weighted by molar-refractivity contribution is 7.99. The number of benzene rings is 1. The van der Waals surface area contributed by atoms with Crippen LogP contribution in [0.1, 0.15) is 5.82 Å². The molecule has 8 nitrogen and oxygen atoms in total. The zero-order valence-corrected chi connectivity index (χ0v) is 16.8. The minimum atomic E-state index is -0.168. The summed E-state index contributed by atoms with van der Waals surface area (Å²) in [5, 5.41) is 12.5. The van der Waals surface area contributed by atoms with Gasteiger partial charge in [-0.1, -0.05) is 23.4 Å². The van der Waals surface area contributed by atoms with Gasteiger partial charge in [0.25, 0.3) is 0 Å². The first-order chi connectivity index (χ1) is 13.1. The molecule has 0 spiro atoms. The minimum absolute atomic E-state index is 0.168. The third-order valence-electron chi connectivity index (χ3n) is 4.16. The highest BCUT2D eigenvalue weighted by Gasteiger charge is 2.17. The molecule has 1 saturated heterocycles.